The number of nitrogens with zero attached hydrogens (tertiary/aromatic N) is 1. The van der Waals surface area contributed by atoms with Gasteiger partial charge in [0.15, 0.2) is 0 Å². The van der Waals surface area contributed by atoms with Crippen LogP contribution in [0.15, 0.2) is 78.9 Å². The maximum absolute atomic E-state index is 13.7. The zero-order chi connectivity index (χ0) is 26.9. The Morgan fingerprint density at radius 2 is 1.58 bits per heavy atom. The molecule has 4 rings (SSSR count). The second-order valence-electron chi connectivity index (χ2n) is 9.48. The van der Waals surface area contributed by atoms with Crippen molar-refractivity contribution in [3.05, 3.63) is 95.6 Å². The number of hydrogen-bond donors (Lipinski definition) is 0. The molecule has 38 heavy (non-hydrogen) atoms. The van der Waals surface area contributed by atoms with Gasteiger partial charge in [0, 0.05) is 17.7 Å². The van der Waals surface area contributed by atoms with Gasteiger partial charge in [-0.3, -0.25) is 4.79 Å². The Morgan fingerprint density at radius 3 is 2.29 bits per heavy atom. The van der Waals surface area contributed by atoms with Crippen molar-refractivity contribution < 1.29 is 23.9 Å². The van der Waals surface area contributed by atoms with E-state index in [1.165, 1.54) is 26.7 Å². The molecule has 1 aliphatic rings. The molecule has 0 unspecified atom stereocenters. The second kappa shape index (κ2) is 12.9. The molecule has 0 bridgehead atoms. The molecule has 1 aliphatic carbocycles. The quantitative estimate of drug-likeness (QED) is 0.257. The molecule has 0 radical (unpaired) electrons. The minimum atomic E-state index is -0.428. The third-order valence-electron chi connectivity index (χ3n) is 6.93. The Morgan fingerprint density at radius 1 is 0.842 bits per heavy atom. The number of hydrogen-bond acceptors (Lipinski definition) is 5. The molecule has 0 heterocycles. The molecular weight excluding hydrogens is 478 g/mol. The summed E-state index contributed by atoms with van der Waals surface area (Å²) in [6.45, 7) is 0.433. The molecule has 0 aliphatic heterocycles. The average Bonchev–Trinajstić information content (AvgIpc) is 2.98. The van der Waals surface area contributed by atoms with Crippen molar-refractivity contribution in [2.45, 2.75) is 38.6 Å². The molecule has 3 aromatic carbocycles. The molecule has 6 heteroatoms. The predicted molar refractivity (Wildman–Crippen MR) is 148 cm³/mol. The topological polar surface area (TPSA) is 72.9 Å². The molecule has 6 nitrogen and oxygen atoms in total. The first kappa shape index (κ1) is 26.9. The van der Waals surface area contributed by atoms with E-state index in [0.717, 1.165) is 53.6 Å². The van der Waals surface area contributed by atoms with Crippen LogP contribution >= 0.6 is 0 Å². The van der Waals surface area contributed by atoms with Crippen LogP contribution in [0.1, 0.15) is 53.6 Å². The Labute approximate surface area is 223 Å². The van der Waals surface area contributed by atoms with Gasteiger partial charge in [-0.05, 0) is 65.4 Å². The van der Waals surface area contributed by atoms with Gasteiger partial charge in [-0.1, -0.05) is 67.8 Å². The summed E-state index contributed by atoms with van der Waals surface area (Å²) in [7, 11) is 2.71. The van der Waals surface area contributed by atoms with Crippen molar-refractivity contribution in [1.82, 2.24) is 0 Å². The Kier molecular flexibility index (Phi) is 9.09. The summed E-state index contributed by atoms with van der Waals surface area (Å²) in [5.41, 5.74) is 4.99. The van der Waals surface area contributed by atoms with Gasteiger partial charge in [-0.15, -0.1) is 0 Å². The first-order valence-corrected chi connectivity index (χ1v) is 12.9. The van der Waals surface area contributed by atoms with E-state index in [1.54, 1.807) is 12.1 Å². The molecule has 0 spiro atoms. The highest BCUT2D eigenvalue weighted by atomic mass is 16.5. The van der Waals surface area contributed by atoms with Gasteiger partial charge < -0.3 is 14.4 Å². The summed E-state index contributed by atoms with van der Waals surface area (Å²) in [5.74, 6) is -0.654. The van der Waals surface area contributed by atoms with Crippen molar-refractivity contribution >= 4 is 29.6 Å². The van der Waals surface area contributed by atoms with Gasteiger partial charge in [-0.25, -0.2) is 9.59 Å². The number of ether oxygens (including phenoxy) is 2. The number of rotatable bonds is 8. The Hall–Kier alpha value is -4.19. The van der Waals surface area contributed by atoms with Crippen LogP contribution in [0.4, 0.5) is 5.69 Å². The number of methoxy groups -OCH3 is 2. The molecule has 0 atom stereocenters. The van der Waals surface area contributed by atoms with Gasteiger partial charge in [-0.2, -0.15) is 0 Å². The maximum Gasteiger partial charge on any atom is 0.337 e. The first-order valence-electron chi connectivity index (χ1n) is 12.9. The third kappa shape index (κ3) is 6.76. The lowest BCUT2D eigenvalue weighted by molar-refractivity contribution is -0.134. The van der Waals surface area contributed by atoms with Crippen molar-refractivity contribution in [2.24, 2.45) is 5.92 Å². The van der Waals surface area contributed by atoms with E-state index in [4.69, 9.17) is 9.47 Å². The summed E-state index contributed by atoms with van der Waals surface area (Å²) in [5, 5.41) is 0. The zero-order valence-corrected chi connectivity index (χ0v) is 21.9. The number of benzene rings is 3. The van der Waals surface area contributed by atoms with Crippen molar-refractivity contribution in [3.8, 4) is 11.1 Å². The van der Waals surface area contributed by atoms with Crippen LogP contribution in [0, 0.1) is 5.92 Å². The Bertz CT molecular complexity index is 1310. The molecule has 1 amide bonds. The van der Waals surface area contributed by atoms with Crippen LogP contribution in [-0.2, 0) is 25.6 Å². The molecule has 1 fully saturated rings. The lowest BCUT2D eigenvalue weighted by Crippen LogP contribution is -2.36. The number of carbonyl (C=O) groups excluding carboxylic acids is 3. The van der Waals surface area contributed by atoms with Crippen molar-refractivity contribution in [1.29, 1.82) is 0 Å². The van der Waals surface area contributed by atoms with Crippen LogP contribution < -0.4 is 4.90 Å². The van der Waals surface area contributed by atoms with E-state index in [9.17, 15) is 14.4 Å². The predicted octanol–water partition coefficient (Wildman–Crippen LogP) is 6.44. The number of amides is 1. The minimum absolute atomic E-state index is 0.0124. The van der Waals surface area contributed by atoms with E-state index in [2.05, 4.69) is 0 Å². The summed E-state index contributed by atoms with van der Waals surface area (Å²) in [6, 6.07) is 23.0. The van der Waals surface area contributed by atoms with Gasteiger partial charge in [0.2, 0.25) is 5.91 Å². The van der Waals surface area contributed by atoms with Gasteiger partial charge in [0.1, 0.15) is 0 Å². The Balaban J connectivity index is 1.60. The summed E-state index contributed by atoms with van der Waals surface area (Å²) < 4.78 is 9.54. The van der Waals surface area contributed by atoms with Crippen LogP contribution in [0.3, 0.4) is 0 Å². The van der Waals surface area contributed by atoms with Crippen molar-refractivity contribution in [3.63, 3.8) is 0 Å². The summed E-state index contributed by atoms with van der Waals surface area (Å²) in [6.07, 6.45) is 8.21. The molecular formula is C32H33NO5. The fourth-order valence-electron chi connectivity index (χ4n) is 4.82. The third-order valence-corrected chi connectivity index (χ3v) is 6.93. The fraction of sp³-hybridized carbons (Fsp3) is 0.281. The van der Waals surface area contributed by atoms with Crippen LogP contribution in [0.5, 0.6) is 0 Å². The van der Waals surface area contributed by atoms with Crippen molar-refractivity contribution in [2.75, 3.05) is 19.1 Å². The summed E-state index contributed by atoms with van der Waals surface area (Å²) >= 11 is 0. The van der Waals surface area contributed by atoms with E-state index in [-0.39, 0.29) is 17.8 Å². The largest absolute Gasteiger partial charge is 0.466 e. The zero-order valence-electron chi connectivity index (χ0n) is 21.9. The van der Waals surface area contributed by atoms with E-state index in [1.807, 2.05) is 71.6 Å². The van der Waals surface area contributed by atoms with Crippen LogP contribution in [0.25, 0.3) is 17.2 Å². The van der Waals surface area contributed by atoms with E-state index < -0.39 is 5.97 Å². The van der Waals surface area contributed by atoms with Gasteiger partial charge >= 0.3 is 11.9 Å². The minimum Gasteiger partial charge on any atom is -0.466 e. The SMILES string of the molecule is COC(=O)/C=C/c1cccc(N(Cc2ccc(-c3cccc(C(=O)OC)c3)cc2)C(=O)C2CCCCC2)c1. The average molecular weight is 512 g/mol. The van der Waals surface area contributed by atoms with E-state index >= 15 is 0 Å². The second-order valence-corrected chi connectivity index (χ2v) is 9.48. The highest BCUT2D eigenvalue weighted by molar-refractivity contribution is 5.95. The molecule has 1 saturated carbocycles. The molecule has 0 saturated heterocycles. The first-order chi connectivity index (χ1) is 18.5. The fourth-order valence-corrected chi connectivity index (χ4v) is 4.82. The van der Waals surface area contributed by atoms with Crippen LogP contribution in [-0.4, -0.2) is 32.1 Å². The normalized spacial score (nSPS) is 13.7. The lowest BCUT2D eigenvalue weighted by Gasteiger charge is -2.30. The lowest BCUT2D eigenvalue weighted by atomic mass is 9.88. The molecule has 0 aromatic heterocycles. The highest BCUT2D eigenvalue weighted by Gasteiger charge is 2.27. The summed E-state index contributed by atoms with van der Waals surface area (Å²) in [4.78, 5) is 39.1. The van der Waals surface area contributed by atoms with Gasteiger partial charge in [0.05, 0.1) is 26.3 Å². The molecule has 3 aromatic rings. The van der Waals surface area contributed by atoms with E-state index in [0.29, 0.717) is 12.1 Å². The van der Waals surface area contributed by atoms with Crippen LogP contribution in [0.2, 0.25) is 0 Å². The number of carbonyl (C=O) groups is 3. The molecule has 196 valence electrons. The maximum atomic E-state index is 13.7. The molecule has 0 N–H and O–H groups in total. The monoisotopic (exact) mass is 511 g/mol. The standard InChI is InChI=1S/C32H33NO5/c1-37-30(34)19-16-23-8-6-13-29(20-23)33(31(35)26-9-4-3-5-10-26)22-24-14-17-25(18-15-24)27-11-7-12-28(21-27)32(36)38-2/h6-8,11-21,26H,3-5,9-10,22H2,1-2H3/b19-16+. The highest BCUT2D eigenvalue weighted by Crippen LogP contribution is 2.30. The smallest absolute Gasteiger partial charge is 0.337 e. The van der Waals surface area contributed by atoms with Gasteiger partial charge in [0.25, 0.3) is 0 Å². The number of esters is 2. The number of anilines is 1.